The number of carbonyl (C=O) groups excluding carboxylic acids is 1. The number of amides is 1. The first kappa shape index (κ1) is 13.9. The van der Waals surface area contributed by atoms with Crippen LogP contribution < -0.4 is 10.5 Å². The highest BCUT2D eigenvalue weighted by Gasteiger charge is 2.33. The van der Waals surface area contributed by atoms with E-state index in [-0.39, 0.29) is 5.91 Å². The summed E-state index contributed by atoms with van der Waals surface area (Å²) in [5.74, 6) is 1.29. The third-order valence-corrected chi connectivity index (χ3v) is 3.61. The summed E-state index contributed by atoms with van der Waals surface area (Å²) in [6.07, 6.45) is 0.994. The molecule has 4 heteroatoms. The lowest BCUT2D eigenvalue weighted by molar-refractivity contribution is -0.134. The summed E-state index contributed by atoms with van der Waals surface area (Å²) in [7, 11) is 1.66. The molecule has 0 aliphatic carbocycles. The molecule has 0 spiro atoms. The van der Waals surface area contributed by atoms with Crippen LogP contribution in [0.2, 0.25) is 0 Å². The minimum Gasteiger partial charge on any atom is -0.497 e. The Balaban J connectivity index is 2.03. The number of rotatable bonds is 3. The van der Waals surface area contributed by atoms with Gasteiger partial charge in [0.1, 0.15) is 5.75 Å². The molecule has 0 bridgehead atoms. The van der Waals surface area contributed by atoms with Crippen molar-refractivity contribution in [2.75, 3.05) is 20.2 Å². The summed E-state index contributed by atoms with van der Waals surface area (Å²) in [6, 6.07) is 8.08. The maximum absolute atomic E-state index is 12.1. The molecule has 1 fully saturated rings. The monoisotopic (exact) mass is 262 g/mol. The number of methoxy groups -OCH3 is 1. The van der Waals surface area contributed by atoms with E-state index in [4.69, 9.17) is 10.5 Å². The van der Waals surface area contributed by atoms with Crippen molar-refractivity contribution in [3.05, 3.63) is 29.8 Å². The van der Waals surface area contributed by atoms with Gasteiger partial charge in [0.05, 0.1) is 12.6 Å². The van der Waals surface area contributed by atoms with Crippen molar-refractivity contribution in [1.29, 1.82) is 0 Å². The van der Waals surface area contributed by atoms with Crippen LogP contribution in [0.25, 0.3) is 0 Å². The number of hydrogen-bond acceptors (Lipinski definition) is 3. The SMILES string of the molecule is COc1ccc(C2CCN(C(=O)C(C)(C)N)C2)cc1. The highest BCUT2D eigenvalue weighted by molar-refractivity contribution is 5.85. The molecule has 2 rings (SSSR count). The molecule has 104 valence electrons. The fraction of sp³-hybridized carbons (Fsp3) is 0.533. The molecule has 1 heterocycles. The molecule has 1 aromatic rings. The summed E-state index contributed by atoms with van der Waals surface area (Å²) < 4.78 is 5.15. The Hall–Kier alpha value is -1.55. The zero-order chi connectivity index (χ0) is 14.0. The molecule has 1 aliphatic rings. The Bertz CT molecular complexity index is 448. The smallest absolute Gasteiger partial charge is 0.242 e. The molecule has 2 N–H and O–H groups in total. The van der Waals surface area contributed by atoms with Crippen molar-refractivity contribution in [2.45, 2.75) is 31.7 Å². The lowest BCUT2D eigenvalue weighted by Gasteiger charge is -2.25. The van der Waals surface area contributed by atoms with Crippen molar-refractivity contribution in [2.24, 2.45) is 5.73 Å². The maximum Gasteiger partial charge on any atom is 0.242 e. The number of hydrogen-bond donors (Lipinski definition) is 1. The molecule has 0 aromatic heterocycles. The molecule has 0 saturated carbocycles. The molecule has 1 unspecified atom stereocenters. The molecule has 1 aliphatic heterocycles. The predicted molar refractivity (Wildman–Crippen MR) is 75.2 cm³/mol. The number of nitrogens with two attached hydrogens (primary N) is 1. The number of ether oxygens (including phenoxy) is 1. The van der Waals surface area contributed by atoms with Gasteiger partial charge >= 0.3 is 0 Å². The van der Waals surface area contributed by atoms with E-state index >= 15 is 0 Å². The Morgan fingerprint density at radius 3 is 2.53 bits per heavy atom. The van der Waals surface area contributed by atoms with E-state index < -0.39 is 5.54 Å². The molecular weight excluding hydrogens is 240 g/mol. The van der Waals surface area contributed by atoms with E-state index in [9.17, 15) is 4.79 Å². The van der Waals surface area contributed by atoms with Gasteiger partial charge in [-0.05, 0) is 38.0 Å². The zero-order valence-electron chi connectivity index (χ0n) is 11.8. The molecular formula is C15H22N2O2. The van der Waals surface area contributed by atoms with Gasteiger partial charge in [0.2, 0.25) is 5.91 Å². The number of nitrogens with zero attached hydrogens (tertiary/aromatic N) is 1. The van der Waals surface area contributed by atoms with Crippen LogP contribution in [-0.2, 0) is 4.79 Å². The average Bonchev–Trinajstić information content (AvgIpc) is 2.86. The summed E-state index contributed by atoms with van der Waals surface area (Å²) in [5, 5.41) is 0. The number of likely N-dealkylation sites (tertiary alicyclic amines) is 1. The first-order valence-electron chi connectivity index (χ1n) is 6.64. The van der Waals surface area contributed by atoms with Gasteiger partial charge in [0, 0.05) is 19.0 Å². The molecule has 4 nitrogen and oxygen atoms in total. The van der Waals surface area contributed by atoms with Crippen molar-refractivity contribution < 1.29 is 9.53 Å². The minimum absolute atomic E-state index is 0.0310. The summed E-state index contributed by atoms with van der Waals surface area (Å²) >= 11 is 0. The van der Waals surface area contributed by atoms with Crippen LogP contribution >= 0.6 is 0 Å². The van der Waals surface area contributed by atoms with E-state index in [1.807, 2.05) is 17.0 Å². The largest absolute Gasteiger partial charge is 0.497 e. The third kappa shape index (κ3) is 3.07. The summed E-state index contributed by atoms with van der Waals surface area (Å²) in [5.41, 5.74) is 6.35. The van der Waals surface area contributed by atoms with Gasteiger partial charge in [-0.2, -0.15) is 0 Å². The Morgan fingerprint density at radius 1 is 1.37 bits per heavy atom. The highest BCUT2D eigenvalue weighted by atomic mass is 16.5. The standard InChI is InChI=1S/C15H22N2O2/c1-15(2,16)14(18)17-9-8-12(10-17)11-4-6-13(19-3)7-5-11/h4-7,12H,8-10,16H2,1-3H3. The first-order chi connectivity index (χ1) is 8.91. The highest BCUT2D eigenvalue weighted by Crippen LogP contribution is 2.29. The normalized spacial score (nSPS) is 19.6. The van der Waals surface area contributed by atoms with Gasteiger partial charge in [-0.3, -0.25) is 4.79 Å². The topological polar surface area (TPSA) is 55.6 Å². The van der Waals surface area contributed by atoms with Crippen molar-refractivity contribution in [1.82, 2.24) is 4.90 Å². The second-order valence-corrected chi connectivity index (χ2v) is 5.73. The fourth-order valence-corrected chi connectivity index (χ4v) is 2.50. The van der Waals surface area contributed by atoms with Gasteiger partial charge in [-0.15, -0.1) is 0 Å². The van der Waals surface area contributed by atoms with Gasteiger partial charge in [-0.25, -0.2) is 0 Å². The lowest BCUT2D eigenvalue weighted by atomic mass is 9.98. The number of carbonyl (C=O) groups is 1. The Kier molecular flexibility index (Phi) is 3.80. The zero-order valence-corrected chi connectivity index (χ0v) is 11.8. The van der Waals surface area contributed by atoms with Crippen LogP contribution in [0.3, 0.4) is 0 Å². The fourth-order valence-electron chi connectivity index (χ4n) is 2.50. The molecule has 1 amide bonds. The van der Waals surface area contributed by atoms with Crippen LogP contribution in [0, 0.1) is 0 Å². The van der Waals surface area contributed by atoms with Crippen LogP contribution in [0.5, 0.6) is 5.75 Å². The van der Waals surface area contributed by atoms with Gasteiger partial charge in [0.25, 0.3) is 0 Å². The van der Waals surface area contributed by atoms with E-state index in [0.717, 1.165) is 25.3 Å². The molecule has 0 radical (unpaired) electrons. The number of benzene rings is 1. The lowest BCUT2D eigenvalue weighted by Crippen LogP contribution is -2.50. The quantitative estimate of drug-likeness (QED) is 0.903. The van der Waals surface area contributed by atoms with Gasteiger partial charge < -0.3 is 15.4 Å². The van der Waals surface area contributed by atoms with Crippen molar-refractivity contribution in [3.8, 4) is 5.75 Å². The van der Waals surface area contributed by atoms with Gasteiger partial charge in [-0.1, -0.05) is 12.1 Å². The van der Waals surface area contributed by atoms with Crippen molar-refractivity contribution >= 4 is 5.91 Å². The van der Waals surface area contributed by atoms with Crippen LogP contribution in [-0.4, -0.2) is 36.5 Å². The predicted octanol–water partition coefficient (Wildman–Crippen LogP) is 1.75. The first-order valence-corrected chi connectivity index (χ1v) is 6.64. The molecule has 1 atom stereocenters. The van der Waals surface area contributed by atoms with Gasteiger partial charge in [0.15, 0.2) is 0 Å². The van der Waals surface area contributed by atoms with Crippen LogP contribution in [0.4, 0.5) is 0 Å². The summed E-state index contributed by atoms with van der Waals surface area (Å²) in [4.78, 5) is 14.0. The second kappa shape index (κ2) is 5.21. The Morgan fingerprint density at radius 2 is 2.00 bits per heavy atom. The molecule has 19 heavy (non-hydrogen) atoms. The van der Waals surface area contributed by atoms with Crippen LogP contribution in [0.15, 0.2) is 24.3 Å². The van der Waals surface area contributed by atoms with Crippen molar-refractivity contribution in [3.63, 3.8) is 0 Å². The van der Waals surface area contributed by atoms with E-state index in [1.54, 1.807) is 21.0 Å². The van der Waals surface area contributed by atoms with E-state index in [1.165, 1.54) is 5.56 Å². The molecule has 1 aromatic carbocycles. The molecule has 1 saturated heterocycles. The van der Waals surface area contributed by atoms with E-state index in [2.05, 4.69) is 12.1 Å². The minimum atomic E-state index is -0.783. The average molecular weight is 262 g/mol. The second-order valence-electron chi connectivity index (χ2n) is 5.73. The third-order valence-electron chi connectivity index (χ3n) is 3.61. The Labute approximate surface area is 114 Å². The van der Waals surface area contributed by atoms with Crippen LogP contribution in [0.1, 0.15) is 31.7 Å². The van der Waals surface area contributed by atoms with E-state index in [0.29, 0.717) is 5.92 Å². The maximum atomic E-state index is 12.1. The summed E-state index contributed by atoms with van der Waals surface area (Å²) in [6.45, 7) is 5.06.